The minimum Gasteiger partial charge on any atom is -0.354 e. The van der Waals surface area contributed by atoms with Crippen LogP contribution < -0.4 is 10.6 Å². The summed E-state index contributed by atoms with van der Waals surface area (Å²) < 4.78 is 0. The van der Waals surface area contributed by atoms with Gasteiger partial charge in [-0.15, -0.1) is 0 Å². The largest absolute Gasteiger partial charge is 0.354 e. The van der Waals surface area contributed by atoms with Crippen LogP contribution in [0.5, 0.6) is 0 Å². The lowest BCUT2D eigenvalue weighted by atomic mass is 10.1. The van der Waals surface area contributed by atoms with Crippen LogP contribution in [0.3, 0.4) is 0 Å². The molecule has 8 heteroatoms. The first-order valence-corrected chi connectivity index (χ1v) is 11.1. The zero-order chi connectivity index (χ0) is 21.4. The highest BCUT2D eigenvalue weighted by molar-refractivity contribution is 6.30. The molecule has 2 aliphatic rings. The fourth-order valence-corrected chi connectivity index (χ4v) is 3.92. The summed E-state index contributed by atoms with van der Waals surface area (Å²) in [6.45, 7) is 0.503. The number of benzene rings is 1. The van der Waals surface area contributed by atoms with Crippen molar-refractivity contribution in [3.05, 3.63) is 58.5 Å². The van der Waals surface area contributed by atoms with Gasteiger partial charge in [0.05, 0.1) is 17.5 Å². The Morgan fingerprint density at radius 2 is 1.94 bits per heavy atom. The van der Waals surface area contributed by atoms with E-state index < -0.39 is 6.04 Å². The second-order valence-corrected chi connectivity index (χ2v) is 8.86. The summed E-state index contributed by atoms with van der Waals surface area (Å²) in [5.41, 5.74) is 3.62. The van der Waals surface area contributed by atoms with Crippen molar-refractivity contribution >= 4 is 34.6 Å². The van der Waals surface area contributed by atoms with Gasteiger partial charge in [0.1, 0.15) is 11.6 Å². The van der Waals surface area contributed by atoms with E-state index in [2.05, 4.69) is 25.6 Å². The van der Waals surface area contributed by atoms with E-state index in [4.69, 9.17) is 11.6 Å². The number of H-pyrrole nitrogens is 1. The first-order valence-electron chi connectivity index (χ1n) is 10.8. The molecular formula is C23H24ClN5O2. The van der Waals surface area contributed by atoms with Gasteiger partial charge in [0, 0.05) is 23.7 Å². The molecule has 31 heavy (non-hydrogen) atoms. The van der Waals surface area contributed by atoms with E-state index in [-0.39, 0.29) is 17.7 Å². The van der Waals surface area contributed by atoms with E-state index in [1.165, 1.54) is 0 Å². The summed E-state index contributed by atoms with van der Waals surface area (Å²) in [6, 6.07) is 7.03. The zero-order valence-corrected chi connectivity index (χ0v) is 17.8. The maximum Gasteiger partial charge on any atom is 0.255 e. The van der Waals surface area contributed by atoms with Crippen LogP contribution in [0.2, 0.25) is 5.02 Å². The summed E-state index contributed by atoms with van der Waals surface area (Å²) in [5.74, 6) is 0.193. The van der Waals surface area contributed by atoms with Crippen LogP contribution in [0.1, 0.15) is 53.2 Å². The van der Waals surface area contributed by atoms with Crippen LogP contribution >= 0.6 is 11.6 Å². The topological polar surface area (TPSA) is 99.8 Å². The Balaban J connectivity index is 1.24. The van der Waals surface area contributed by atoms with Crippen LogP contribution in [0.25, 0.3) is 11.2 Å². The normalized spacial score (nSPS) is 16.8. The zero-order valence-electron chi connectivity index (χ0n) is 17.0. The van der Waals surface area contributed by atoms with E-state index in [1.54, 1.807) is 12.4 Å². The summed E-state index contributed by atoms with van der Waals surface area (Å²) >= 11 is 5.91. The molecule has 5 rings (SSSR count). The van der Waals surface area contributed by atoms with Gasteiger partial charge in [-0.25, -0.2) is 9.97 Å². The van der Waals surface area contributed by atoms with Crippen molar-refractivity contribution in [2.75, 3.05) is 6.54 Å². The number of aromatic nitrogens is 3. The van der Waals surface area contributed by atoms with E-state index >= 15 is 0 Å². The van der Waals surface area contributed by atoms with Gasteiger partial charge in [0.2, 0.25) is 5.91 Å². The molecule has 2 aromatic heterocycles. The number of nitrogens with zero attached hydrogens (tertiary/aromatic N) is 2. The Hall–Kier alpha value is -2.93. The molecule has 0 spiro atoms. The van der Waals surface area contributed by atoms with Crippen molar-refractivity contribution in [2.24, 2.45) is 5.92 Å². The molecule has 2 amide bonds. The van der Waals surface area contributed by atoms with Gasteiger partial charge < -0.3 is 15.6 Å². The molecule has 0 bridgehead atoms. The highest BCUT2D eigenvalue weighted by atomic mass is 35.5. The quantitative estimate of drug-likeness (QED) is 0.503. The van der Waals surface area contributed by atoms with Gasteiger partial charge >= 0.3 is 0 Å². The van der Waals surface area contributed by atoms with Crippen LogP contribution in [-0.2, 0) is 11.2 Å². The molecule has 1 atom stereocenters. The maximum absolute atomic E-state index is 13.0. The fourth-order valence-electron chi connectivity index (χ4n) is 3.79. The molecule has 2 heterocycles. The molecule has 0 radical (unpaired) electrons. The highest BCUT2D eigenvalue weighted by Gasteiger charge is 2.37. The number of halogens is 1. The van der Waals surface area contributed by atoms with Crippen LogP contribution in [0.4, 0.5) is 0 Å². The van der Waals surface area contributed by atoms with Gasteiger partial charge in [0.15, 0.2) is 5.65 Å². The average molecular weight is 438 g/mol. The summed E-state index contributed by atoms with van der Waals surface area (Å²) in [4.78, 5) is 37.9. The molecule has 160 valence electrons. The molecule has 0 aliphatic heterocycles. The Labute approximate surface area is 185 Å². The van der Waals surface area contributed by atoms with Gasteiger partial charge in [-0.2, -0.15) is 0 Å². The minimum atomic E-state index is -0.540. The number of aromatic amines is 1. The molecule has 2 aliphatic carbocycles. The Morgan fingerprint density at radius 3 is 2.65 bits per heavy atom. The monoisotopic (exact) mass is 437 g/mol. The van der Waals surface area contributed by atoms with Gasteiger partial charge in [-0.1, -0.05) is 23.7 Å². The number of nitrogens with one attached hydrogen (secondary N) is 3. The summed E-state index contributed by atoms with van der Waals surface area (Å²) in [7, 11) is 0. The van der Waals surface area contributed by atoms with Crippen molar-refractivity contribution in [1.82, 2.24) is 25.6 Å². The second kappa shape index (κ2) is 8.30. The second-order valence-electron chi connectivity index (χ2n) is 8.42. The third-order valence-corrected chi connectivity index (χ3v) is 6.18. The predicted octanol–water partition coefficient (Wildman–Crippen LogP) is 3.36. The molecule has 1 aromatic carbocycles. The van der Waals surface area contributed by atoms with Crippen LogP contribution in [-0.4, -0.2) is 39.4 Å². The van der Waals surface area contributed by atoms with E-state index in [9.17, 15) is 9.59 Å². The van der Waals surface area contributed by atoms with E-state index in [1.807, 2.05) is 24.3 Å². The number of hydrogen-bond donors (Lipinski definition) is 3. The van der Waals surface area contributed by atoms with Gasteiger partial charge in [-0.3, -0.25) is 9.59 Å². The summed E-state index contributed by atoms with van der Waals surface area (Å²) in [5, 5.41) is 6.59. The SMILES string of the molecule is O=C(NC(C(=O)NCCc1ccc(Cl)cc1)C1CC1)c1c[nH]c2ncc(C3CC3)nc12. The third-order valence-electron chi connectivity index (χ3n) is 5.93. The molecule has 2 saturated carbocycles. The lowest BCUT2D eigenvalue weighted by Gasteiger charge is -2.18. The first-order chi connectivity index (χ1) is 15.1. The molecule has 0 saturated heterocycles. The highest BCUT2D eigenvalue weighted by Crippen LogP contribution is 2.39. The molecular weight excluding hydrogens is 414 g/mol. The van der Waals surface area contributed by atoms with Crippen molar-refractivity contribution < 1.29 is 9.59 Å². The molecule has 7 nitrogen and oxygen atoms in total. The smallest absolute Gasteiger partial charge is 0.255 e. The molecule has 1 unspecified atom stereocenters. The standard InChI is InChI=1S/C23H24ClN5O2/c24-16-7-1-13(2-8-16)9-10-25-23(31)19(15-5-6-15)29-22(30)17-11-26-21-20(17)28-18(12-27-21)14-3-4-14/h1-2,7-8,11-12,14-15,19H,3-6,9-10H2,(H,25,31)(H,26,27)(H,29,30). The van der Waals surface area contributed by atoms with Gasteiger partial charge in [-0.05, 0) is 55.7 Å². The number of amides is 2. The van der Waals surface area contributed by atoms with Crippen LogP contribution in [0.15, 0.2) is 36.7 Å². The predicted molar refractivity (Wildman–Crippen MR) is 118 cm³/mol. The molecule has 2 fully saturated rings. The number of carbonyl (C=O) groups excluding carboxylic acids is 2. The third kappa shape index (κ3) is 4.56. The molecule has 3 N–H and O–H groups in total. The lowest BCUT2D eigenvalue weighted by molar-refractivity contribution is -0.123. The van der Waals surface area contributed by atoms with Gasteiger partial charge in [0.25, 0.3) is 5.91 Å². The van der Waals surface area contributed by atoms with Crippen molar-refractivity contribution in [3.8, 4) is 0 Å². The average Bonchev–Trinajstić information content (AvgIpc) is 3.70. The maximum atomic E-state index is 13.0. The van der Waals surface area contributed by atoms with Crippen molar-refractivity contribution in [3.63, 3.8) is 0 Å². The number of fused-ring (bicyclic) bond motifs is 1. The lowest BCUT2D eigenvalue weighted by Crippen LogP contribution is -2.48. The van der Waals surface area contributed by atoms with Crippen molar-refractivity contribution in [1.29, 1.82) is 0 Å². The number of rotatable bonds is 8. The Bertz CT molecular complexity index is 1120. The number of carbonyl (C=O) groups is 2. The molecule has 3 aromatic rings. The van der Waals surface area contributed by atoms with Crippen LogP contribution in [0, 0.1) is 5.92 Å². The number of hydrogen-bond acceptors (Lipinski definition) is 4. The van der Waals surface area contributed by atoms with E-state index in [0.717, 1.165) is 36.9 Å². The fraction of sp³-hybridized carbons (Fsp3) is 0.391. The Morgan fingerprint density at radius 1 is 1.16 bits per heavy atom. The van der Waals surface area contributed by atoms with E-state index in [0.29, 0.717) is 40.6 Å². The minimum absolute atomic E-state index is 0.144. The Kier molecular flexibility index (Phi) is 5.36. The summed E-state index contributed by atoms with van der Waals surface area (Å²) in [6.07, 6.45) is 8.22. The first kappa shape index (κ1) is 20.0. The van der Waals surface area contributed by atoms with Crippen molar-refractivity contribution in [2.45, 2.75) is 44.1 Å².